The fourth-order valence-corrected chi connectivity index (χ4v) is 7.20. The number of benzene rings is 3. The lowest BCUT2D eigenvalue weighted by Crippen LogP contribution is -2.58. The summed E-state index contributed by atoms with van der Waals surface area (Å²) in [6.45, 7) is 8.79. The van der Waals surface area contributed by atoms with Gasteiger partial charge in [0.15, 0.2) is 0 Å². The highest BCUT2D eigenvalue weighted by atomic mass is 16.5. The van der Waals surface area contributed by atoms with Gasteiger partial charge in [0.1, 0.15) is 11.8 Å². The largest absolute Gasteiger partial charge is 0.497 e. The van der Waals surface area contributed by atoms with E-state index in [4.69, 9.17) is 15.2 Å². The number of carbonyl (C=O) groups excluding carboxylic acids is 4. The third-order valence-corrected chi connectivity index (χ3v) is 10.5. The molecule has 5 rings (SSSR count). The number of fused-ring (bicyclic) bond motifs is 1. The van der Waals surface area contributed by atoms with Crippen LogP contribution in [0.5, 0.6) is 5.75 Å². The highest BCUT2D eigenvalue weighted by Gasteiger charge is 2.41. The van der Waals surface area contributed by atoms with Crippen molar-refractivity contribution in [3.8, 4) is 5.75 Å². The van der Waals surface area contributed by atoms with E-state index in [9.17, 15) is 24.3 Å². The minimum absolute atomic E-state index is 0.00545. The molecule has 310 valence electrons. The molecule has 0 aliphatic carbocycles. The van der Waals surface area contributed by atoms with Crippen molar-refractivity contribution < 1.29 is 33.8 Å². The summed E-state index contributed by atoms with van der Waals surface area (Å²) in [7, 11) is 1.58. The van der Waals surface area contributed by atoms with Gasteiger partial charge in [0.05, 0.1) is 31.4 Å². The minimum atomic E-state index is -1.17. The molecule has 1 aliphatic heterocycles. The molecule has 4 aromatic rings. The van der Waals surface area contributed by atoms with Crippen molar-refractivity contribution in [2.75, 3.05) is 33.4 Å². The van der Waals surface area contributed by atoms with Gasteiger partial charge in [-0.05, 0) is 53.3 Å². The Morgan fingerprint density at radius 3 is 2.38 bits per heavy atom. The maximum Gasteiger partial charge on any atom is 0.404 e. The van der Waals surface area contributed by atoms with Crippen molar-refractivity contribution in [1.82, 2.24) is 30.5 Å². The van der Waals surface area contributed by atoms with Crippen molar-refractivity contribution in [2.45, 2.75) is 78.2 Å². The number of aliphatic hydroxyl groups is 1. The summed E-state index contributed by atoms with van der Waals surface area (Å²) in [5.74, 6) is -0.245. The van der Waals surface area contributed by atoms with Crippen LogP contribution in [0.1, 0.15) is 57.2 Å². The summed E-state index contributed by atoms with van der Waals surface area (Å²) < 4.78 is 10.3. The SMILES string of the molecule is CC[C@H](C)[C@@H](C(=O)N[C@@H](Cc1ccccc1)[C@@H](O)CN(Cc1ccc(OC)cc1)NC(=O)CC(C)(C)COC(N)=O)N1CCN(Cc2cnc3ccccc3c2)C1=O. The molecule has 58 heavy (non-hydrogen) atoms. The van der Waals surface area contributed by atoms with E-state index in [1.54, 1.807) is 42.0 Å². The van der Waals surface area contributed by atoms with E-state index in [-0.39, 0.29) is 56.3 Å². The van der Waals surface area contributed by atoms with Gasteiger partial charge >= 0.3 is 12.1 Å². The van der Waals surface area contributed by atoms with Gasteiger partial charge in [-0.1, -0.05) is 94.8 Å². The third kappa shape index (κ3) is 12.1. The molecule has 4 atom stereocenters. The van der Waals surface area contributed by atoms with Crippen LogP contribution in [0.3, 0.4) is 0 Å². The summed E-state index contributed by atoms with van der Waals surface area (Å²) in [4.78, 5) is 61.2. The van der Waals surface area contributed by atoms with E-state index in [2.05, 4.69) is 15.7 Å². The number of para-hydroxylation sites is 1. The van der Waals surface area contributed by atoms with E-state index in [1.165, 1.54) is 0 Å². The number of methoxy groups -OCH3 is 1. The quantitative estimate of drug-likeness (QED) is 0.0894. The Labute approximate surface area is 340 Å². The molecule has 5 N–H and O–H groups in total. The Morgan fingerprint density at radius 2 is 1.69 bits per heavy atom. The number of carbonyl (C=O) groups is 4. The molecule has 14 heteroatoms. The number of urea groups is 1. The van der Waals surface area contributed by atoms with Gasteiger partial charge in [0.25, 0.3) is 0 Å². The van der Waals surface area contributed by atoms with Crippen LogP contribution in [-0.2, 0) is 33.8 Å². The second kappa shape index (κ2) is 20.1. The van der Waals surface area contributed by atoms with Crippen LogP contribution in [0.25, 0.3) is 10.9 Å². The van der Waals surface area contributed by atoms with Crippen molar-refractivity contribution in [3.05, 3.63) is 108 Å². The zero-order valence-corrected chi connectivity index (χ0v) is 34.1. The number of pyridine rings is 1. The summed E-state index contributed by atoms with van der Waals surface area (Å²) >= 11 is 0. The van der Waals surface area contributed by atoms with E-state index < -0.39 is 29.7 Å². The highest BCUT2D eigenvalue weighted by molar-refractivity contribution is 5.88. The molecule has 0 radical (unpaired) electrons. The summed E-state index contributed by atoms with van der Waals surface area (Å²) in [6.07, 6.45) is 0.617. The van der Waals surface area contributed by atoms with Crippen molar-refractivity contribution >= 4 is 34.8 Å². The van der Waals surface area contributed by atoms with E-state index in [0.29, 0.717) is 31.8 Å². The summed E-state index contributed by atoms with van der Waals surface area (Å²) in [5.41, 5.74) is 10.9. The van der Waals surface area contributed by atoms with E-state index in [1.807, 2.05) is 98.8 Å². The van der Waals surface area contributed by atoms with Gasteiger partial charge in [0.2, 0.25) is 11.8 Å². The Balaban J connectivity index is 1.35. The smallest absolute Gasteiger partial charge is 0.404 e. The summed E-state index contributed by atoms with van der Waals surface area (Å²) in [5, 5.41) is 17.8. The topological polar surface area (TPSA) is 180 Å². The van der Waals surface area contributed by atoms with Crippen LogP contribution in [-0.4, -0.2) is 100 Å². The monoisotopic (exact) mass is 795 g/mol. The molecular weight excluding hydrogens is 739 g/mol. The lowest BCUT2D eigenvalue weighted by molar-refractivity contribution is -0.131. The lowest BCUT2D eigenvalue weighted by atomic mass is 9.90. The molecule has 1 aliphatic rings. The maximum atomic E-state index is 14.5. The Bertz CT molecular complexity index is 2000. The minimum Gasteiger partial charge on any atom is -0.497 e. The third-order valence-electron chi connectivity index (χ3n) is 10.5. The normalized spacial score (nSPS) is 15.2. The Kier molecular flexibility index (Phi) is 15.0. The number of hydrogen-bond acceptors (Lipinski definition) is 9. The van der Waals surface area contributed by atoms with Gasteiger partial charge in [-0.15, -0.1) is 0 Å². The fourth-order valence-electron chi connectivity index (χ4n) is 7.20. The second-order valence-corrected chi connectivity index (χ2v) is 15.8. The number of amides is 5. The molecule has 2 heterocycles. The molecule has 1 saturated heterocycles. The molecular formula is C44H57N7O7. The number of hydrazine groups is 1. The number of primary amides is 1. The number of ether oxygens (including phenoxy) is 2. The zero-order chi connectivity index (χ0) is 41.8. The van der Waals surface area contributed by atoms with E-state index >= 15 is 0 Å². The van der Waals surface area contributed by atoms with Crippen LogP contribution in [0.2, 0.25) is 0 Å². The van der Waals surface area contributed by atoms with E-state index in [0.717, 1.165) is 27.6 Å². The molecule has 14 nitrogen and oxygen atoms in total. The van der Waals surface area contributed by atoms with Gasteiger partial charge in [-0.2, -0.15) is 0 Å². The number of aliphatic hydroxyl groups excluding tert-OH is 1. The lowest BCUT2D eigenvalue weighted by Gasteiger charge is -2.35. The second-order valence-electron chi connectivity index (χ2n) is 15.8. The number of hydrogen-bond donors (Lipinski definition) is 4. The van der Waals surface area contributed by atoms with Crippen LogP contribution >= 0.6 is 0 Å². The highest BCUT2D eigenvalue weighted by Crippen LogP contribution is 2.25. The first-order valence-corrected chi connectivity index (χ1v) is 19.8. The van der Waals surface area contributed by atoms with Crippen molar-refractivity contribution in [3.63, 3.8) is 0 Å². The van der Waals surface area contributed by atoms with Crippen LogP contribution in [0.15, 0.2) is 91.1 Å². The summed E-state index contributed by atoms with van der Waals surface area (Å²) in [6, 6.07) is 24.9. The molecule has 3 aromatic carbocycles. The van der Waals surface area contributed by atoms with Gasteiger partial charge < -0.3 is 35.4 Å². The zero-order valence-electron chi connectivity index (χ0n) is 34.1. The van der Waals surface area contributed by atoms with Crippen molar-refractivity contribution in [2.24, 2.45) is 17.1 Å². The molecule has 0 bridgehead atoms. The molecule has 0 unspecified atom stereocenters. The Hall–Kier alpha value is -5.73. The van der Waals surface area contributed by atoms with Crippen LogP contribution < -0.4 is 21.2 Å². The van der Waals surface area contributed by atoms with Crippen LogP contribution in [0.4, 0.5) is 9.59 Å². The van der Waals surface area contributed by atoms with Gasteiger partial charge in [-0.3, -0.25) is 20.0 Å². The first kappa shape index (κ1) is 43.4. The standard InChI is InChI=1S/C44H57N7O7/c1-6-30(2)40(51-21-20-49(43(51)56)26-33-22-34-14-10-11-15-36(34)46-25-33)41(54)47-37(23-31-12-8-7-9-13-31)38(52)28-50(27-32-16-18-35(57-5)19-17-32)48-39(53)24-44(3,4)29-58-42(45)55/h7-19,22,25,30,37-38,40,52H,6,20-21,23-24,26-29H2,1-5H3,(H2,45,55)(H,47,54)(H,48,53)/t30-,37-,38-,40-/m0/s1. The number of nitrogens with zero attached hydrogens (tertiary/aromatic N) is 4. The molecule has 1 aromatic heterocycles. The van der Waals surface area contributed by atoms with Crippen LogP contribution in [0, 0.1) is 11.3 Å². The number of rotatable bonds is 20. The first-order chi connectivity index (χ1) is 27.7. The number of nitrogens with one attached hydrogen (secondary N) is 2. The first-order valence-electron chi connectivity index (χ1n) is 19.8. The molecule has 0 spiro atoms. The average molecular weight is 796 g/mol. The Morgan fingerprint density at radius 1 is 0.983 bits per heavy atom. The van der Waals surface area contributed by atoms with Crippen molar-refractivity contribution in [1.29, 1.82) is 0 Å². The average Bonchev–Trinajstić information content (AvgIpc) is 3.55. The molecule has 0 saturated carbocycles. The number of aromatic nitrogens is 1. The molecule has 1 fully saturated rings. The maximum absolute atomic E-state index is 14.5. The molecule has 5 amide bonds. The predicted octanol–water partition coefficient (Wildman–Crippen LogP) is 5.03. The van der Waals surface area contributed by atoms with Gasteiger partial charge in [-0.25, -0.2) is 14.6 Å². The number of nitrogens with two attached hydrogens (primary N) is 1. The fraction of sp³-hybridized carbons (Fsp3) is 0.432. The predicted molar refractivity (Wildman–Crippen MR) is 221 cm³/mol. The van der Waals surface area contributed by atoms with Gasteiger partial charge in [0, 0.05) is 56.1 Å².